The third kappa shape index (κ3) is 5.17. The molecule has 0 bridgehead atoms. The van der Waals surface area contributed by atoms with Crippen LogP contribution in [-0.4, -0.2) is 36.4 Å². The lowest BCUT2D eigenvalue weighted by atomic mass is 9.81. The number of carbonyl (C=O) groups excluding carboxylic acids is 2. The number of nitrogens with zero attached hydrogens (tertiary/aromatic N) is 1. The Balaban J connectivity index is 1.58. The number of nitrogens with one attached hydrogen (secondary N) is 1. The molecule has 178 valence electrons. The monoisotopic (exact) mass is 476 g/mol. The van der Waals surface area contributed by atoms with Gasteiger partial charge >= 0.3 is 0 Å². The van der Waals surface area contributed by atoms with E-state index >= 15 is 0 Å². The summed E-state index contributed by atoms with van der Waals surface area (Å²) < 4.78 is 5.51. The zero-order chi connectivity index (χ0) is 24.1. The summed E-state index contributed by atoms with van der Waals surface area (Å²) in [6.07, 6.45) is 0.727. The van der Waals surface area contributed by atoms with Gasteiger partial charge in [0.25, 0.3) is 5.91 Å². The van der Waals surface area contributed by atoms with Gasteiger partial charge in [0.2, 0.25) is 5.91 Å². The fraction of sp³-hybridized carbons (Fsp3) is 0.357. The Morgan fingerprint density at radius 1 is 1.09 bits per heavy atom. The normalized spacial score (nSPS) is 17.5. The minimum atomic E-state index is -0.452. The summed E-state index contributed by atoms with van der Waals surface area (Å²) >= 11 is 1.60. The van der Waals surface area contributed by atoms with Crippen molar-refractivity contribution in [1.82, 2.24) is 10.2 Å². The van der Waals surface area contributed by atoms with E-state index in [9.17, 15) is 9.59 Å². The van der Waals surface area contributed by atoms with E-state index in [-0.39, 0.29) is 17.9 Å². The van der Waals surface area contributed by atoms with Gasteiger partial charge in [-0.15, -0.1) is 11.3 Å². The fourth-order valence-corrected chi connectivity index (χ4v) is 5.48. The van der Waals surface area contributed by atoms with Crippen molar-refractivity contribution in [2.24, 2.45) is 5.92 Å². The van der Waals surface area contributed by atoms with Gasteiger partial charge in [-0.05, 0) is 60.0 Å². The van der Waals surface area contributed by atoms with Crippen LogP contribution in [0, 0.1) is 5.92 Å². The number of rotatable bonds is 9. The average Bonchev–Trinajstić information content (AvgIpc) is 3.36. The van der Waals surface area contributed by atoms with Gasteiger partial charge in [-0.3, -0.25) is 9.59 Å². The molecule has 2 atom stereocenters. The maximum absolute atomic E-state index is 13.7. The molecule has 4 rings (SSSR count). The molecule has 1 aliphatic rings. The third-order valence-electron chi connectivity index (χ3n) is 6.06. The first-order chi connectivity index (χ1) is 16.5. The molecule has 0 spiro atoms. The molecule has 1 aliphatic heterocycles. The molecule has 0 radical (unpaired) electrons. The summed E-state index contributed by atoms with van der Waals surface area (Å²) in [7, 11) is 0. The molecule has 2 heterocycles. The van der Waals surface area contributed by atoms with Gasteiger partial charge in [-0.25, -0.2) is 0 Å². The Labute approximate surface area is 205 Å². The van der Waals surface area contributed by atoms with E-state index in [0.29, 0.717) is 31.2 Å². The summed E-state index contributed by atoms with van der Waals surface area (Å²) in [5.41, 5.74) is 2.58. The molecule has 1 N–H and O–H groups in total. The highest BCUT2D eigenvalue weighted by Crippen LogP contribution is 2.44. The molecule has 2 aromatic carbocycles. The molecule has 0 saturated heterocycles. The van der Waals surface area contributed by atoms with Crippen LogP contribution in [0.25, 0.3) is 0 Å². The van der Waals surface area contributed by atoms with Crippen LogP contribution in [0.1, 0.15) is 59.1 Å². The van der Waals surface area contributed by atoms with Crippen LogP contribution in [0.3, 0.4) is 0 Å². The standard InChI is InChI=1S/C28H32N2O3S/c1-4-33-21-13-11-20(12-14-21)15-16-29-27(31)25-22-8-5-6-9-23(22)28(32)30(18-19(2)3)26(25)24-10-7-17-34-24/h5-14,17,19,25-26H,4,15-16,18H2,1-3H3,(H,29,31)/t25-,26-/m0/s1. The van der Waals surface area contributed by atoms with Crippen LogP contribution < -0.4 is 10.1 Å². The van der Waals surface area contributed by atoms with Gasteiger partial charge in [-0.2, -0.15) is 0 Å². The number of hydrogen-bond donors (Lipinski definition) is 1. The van der Waals surface area contributed by atoms with E-state index in [1.165, 1.54) is 0 Å². The second kappa shape index (κ2) is 10.9. The lowest BCUT2D eigenvalue weighted by Gasteiger charge is -2.42. The Bertz CT molecular complexity index is 1110. The quantitative estimate of drug-likeness (QED) is 0.447. The Kier molecular flexibility index (Phi) is 7.68. The summed E-state index contributed by atoms with van der Waals surface area (Å²) in [4.78, 5) is 30.1. The van der Waals surface area contributed by atoms with Crippen molar-refractivity contribution in [3.05, 3.63) is 87.6 Å². The Hall–Kier alpha value is -3.12. The first-order valence-electron chi connectivity index (χ1n) is 11.9. The molecule has 2 amide bonds. The second-order valence-corrected chi connectivity index (χ2v) is 9.97. The highest BCUT2D eigenvalue weighted by molar-refractivity contribution is 7.10. The number of thiophene rings is 1. The summed E-state index contributed by atoms with van der Waals surface area (Å²) in [5, 5.41) is 5.17. The zero-order valence-corrected chi connectivity index (χ0v) is 20.8. The molecule has 0 saturated carbocycles. The molecule has 6 heteroatoms. The zero-order valence-electron chi connectivity index (χ0n) is 20.0. The smallest absolute Gasteiger partial charge is 0.254 e. The molecule has 0 aliphatic carbocycles. The highest BCUT2D eigenvalue weighted by Gasteiger charge is 2.44. The van der Waals surface area contributed by atoms with Crippen molar-refractivity contribution < 1.29 is 14.3 Å². The van der Waals surface area contributed by atoms with Gasteiger partial charge in [-0.1, -0.05) is 50.2 Å². The van der Waals surface area contributed by atoms with E-state index in [1.807, 2.05) is 77.9 Å². The number of benzene rings is 2. The van der Waals surface area contributed by atoms with Gasteiger partial charge < -0.3 is 15.0 Å². The van der Waals surface area contributed by atoms with Gasteiger partial charge in [0.1, 0.15) is 5.75 Å². The fourth-order valence-electron chi connectivity index (χ4n) is 4.60. The van der Waals surface area contributed by atoms with Crippen LogP contribution in [0.5, 0.6) is 5.75 Å². The van der Waals surface area contributed by atoms with E-state index in [1.54, 1.807) is 11.3 Å². The first kappa shape index (κ1) is 24.0. The molecule has 1 aromatic heterocycles. The molecule has 5 nitrogen and oxygen atoms in total. The minimum Gasteiger partial charge on any atom is -0.494 e. The number of hydrogen-bond acceptors (Lipinski definition) is 4. The number of carbonyl (C=O) groups is 2. The van der Waals surface area contributed by atoms with Crippen LogP contribution in [-0.2, 0) is 11.2 Å². The molecular weight excluding hydrogens is 444 g/mol. The van der Waals surface area contributed by atoms with E-state index < -0.39 is 5.92 Å². The van der Waals surface area contributed by atoms with E-state index in [4.69, 9.17) is 4.74 Å². The van der Waals surface area contributed by atoms with Gasteiger partial charge in [0.15, 0.2) is 0 Å². The second-order valence-electron chi connectivity index (χ2n) is 8.99. The SMILES string of the molecule is CCOc1ccc(CCNC(=O)[C@H]2c3ccccc3C(=O)N(CC(C)C)[C@H]2c2cccs2)cc1. The van der Waals surface area contributed by atoms with Crippen molar-refractivity contribution in [3.8, 4) is 5.75 Å². The average molecular weight is 477 g/mol. The summed E-state index contributed by atoms with van der Waals surface area (Å²) in [6, 6.07) is 19.2. The summed E-state index contributed by atoms with van der Waals surface area (Å²) in [6.45, 7) is 7.94. The number of ether oxygens (including phenoxy) is 1. The predicted molar refractivity (Wildman–Crippen MR) is 136 cm³/mol. The number of amides is 2. The Morgan fingerprint density at radius 3 is 2.53 bits per heavy atom. The van der Waals surface area contributed by atoms with Crippen molar-refractivity contribution in [3.63, 3.8) is 0 Å². The van der Waals surface area contributed by atoms with Crippen LogP contribution in [0.2, 0.25) is 0 Å². The lowest BCUT2D eigenvalue weighted by Crippen LogP contribution is -2.48. The van der Waals surface area contributed by atoms with E-state index in [2.05, 4.69) is 19.2 Å². The van der Waals surface area contributed by atoms with Crippen molar-refractivity contribution in [2.75, 3.05) is 19.7 Å². The van der Waals surface area contributed by atoms with Crippen LogP contribution >= 0.6 is 11.3 Å². The minimum absolute atomic E-state index is 0.00105. The summed E-state index contributed by atoms with van der Waals surface area (Å²) in [5.74, 6) is 0.647. The molecule has 3 aromatic rings. The molecule has 0 fully saturated rings. The topological polar surface area (TPSA) is 58.6 Å². The van der Waals surface area contributed by atoms with Crippen molar-refractivity contribution in [2.45, 2.75) is 39.2 Å². The van der Waals surface area contributed by atoms with Gasteiger partial charge in [0, 0.05) is 23.5 Å². The Morgan fingerprint density at radius 2 is 1.85 bits per heavy atom. The van der Waals surface area contributed by atoms with E-state index in [0.717, 1.165) is 28.2 Å². The van der Waals surface area contributed by atoms with Crippen molar-refractivity contribution in [1.29, 1.82) is 0 Å². The maximum atomic E-state index is 13.7. The first-order valence-corrected chi connectivity index (χ1v) is 12.8. The molecule has 0 unspecified atom stereocenters. The largest absolute Gasteiger partial charge is 0.494 e. The van der Waals surface area contributed by atoms with Crippen LogP contribution in [0.4, 0.5) is 0 Å². The van der Waals surface area contributed by atoms with Crippen molar-refractivity contribution >= 4 is 23.2 Å². The lowest BCUT2D eigenvalue weighted by molar-refractivity contribution is -0.124. The molecular formula is C28H32N2O3S. The molecule has 34 heavy (non-hydrogen) atoms. The predicted octanol–water partition coefficient (Wildman–Crippen LogP) is 5.44. The maximum Gasteiger partial charge on any atom is 0.254 e. The van der Waals surface area contributed by atoms with Crippen LogP contribution in [0.15, 0.2) is 66.0 Å². The highest BCUT2D eigenvalue weighted by atomic mass is 32.1. The van der Waals surface area contributed by atoms with Gasteiger partial charge in [0.05, 0.1) is 18.6 Å². The third-order valence-corrected chi connectivity index (χ3v) is 7.01. The number of fused-ring (bicyclic) bond motifs is 1.